The number of hydrogen-bond acceptors (Lipinski definition) is 4. The largest absolute Gasteiger partial charge is 0.481 e. The first-order chi connectivity index (χ1) is 5.43. The number of carbonyl (C=O) groups is 1. The zero-order chi connectivity index (χ0) is 9.72. The summed E-state index contributed by atoms with van der Waals surface area (Å²) < 4.78 is 0. The molecule has 0 rings (SSSR count). The minimum absolute atomic E-state index is 0.258. The molecule has 0 saturated heterocycles. The van der Waals surface area contributed by atoms with Crippen LogP contribution in [0.4, 0.5) is 0 Å². The molecule has 0 bridgehead atoms. The Bertz CT molecular complexity index is 148. The van der Waals surface area contributed by atoms with E-state index in [1.807, 2.05) is 0 Å². The van der Waals surface area contributed by atoms with Gasteiger partial charge in [-0.25, -0.2) is 0 Å². The van der Waals surface area contributed by atoms with Crippen molar-refractivity contribution in [3.63, 3.8) is 0 Å². The van der Waals surface area contributed by atoms with Gasteiger partial charge in [-0.15, -0.1) is 0 Å². The van der Waals surface area contributed by atoms with Crippen molar-refractivity contribution < 1.29 is 20.1 Å². The topological polar surface area (TPSA) is 81.0 Å². The molecular weight excluding hydrogens is 162 g/mol. The molecule has 5 nitrogen and oxygen atoms in total. The Kier molecular flexibility index (Phi) is 4.80. The fourth-order valence-electron chi connectivity index (χ4n) is 0.811. The monoisotopic (exact) mass is 177 g/mol. The highest BCUT2D eigenvalue weighted by Crippen LogP contribution is 1.99. The van der Waals surface area contributed by atoms with E-state index in [1.165, 1.54) is 0 Å². The molecular formula is C7H15NO4. The summed E-state index contributed by atoms with van der Waals surface area (Å²) >= 11 is 0. The third kappa shape index (κ3) is 5.06. The number of nitrogens with zero attached hydrogens (tertiary/aromatic N) is 1. The molecule has 0 radical (unpaired) electrons. The fraction of sp³-hybridized carbons (Fsp3) is 0.857. The van der Waals surface area contributed by atoms with Crippen molar-refractivity contribution in [3.05, 3.63) is 0 Å². The van der Waals surface area contributed by atoms with Crippen molar-refractivity contribution in [1.29, 1.82) is 0 Å². The van der Waals surface area contributed by atoms with E-state index in [9.17, 15) is 9.90 Å². The van der Waals surface area contributed by atoms with Gasteiger partial charge in [0, 0.05) is 6.54 Å². The summed E-state index contributed by atoms with van der Waals surface area (Å²) in [4.78, 5) is 11.8. The minimum atomic E-state index is -1.19. The normalized spacial score (nSPS) is 16.1. The second-order valence-corrected chi connectivity index (χ2v) is 2.99. The number of aliphatic hydroxyl groups is 2. The SMILES string of the molecule is CN(C)CC(O)C(O)CC(=O)O. The first-order valence-electron chi connectivity index (χ1n) is 3.66. The van der Waals surface area contributed by atoms with Gasteiger partial charge in [0.2, 0.25) is 0 Å². The van der Waals surface area contributed by atoms with E-state index < -0.39 is 24.6 Å². The van der Waals surface area contributed by atoms with Crippen LogP contribution in [-0.2, 0) is 4.79 Å². The Morgan fingerprint density at radius 2 is 1.83 bits per heavy atom. The molecule has 2 atom stereocenters. The molecule has 0 amide bonds. The number of carboxylic acids is 1. The van der Waals surface area contributed by atoms with Crippen LogP contribution in [0.3, 0.4) is 0 Å². The summed E-state index contributed by atoms with van der Waals surface area (Å²) in [6, 6.07) is 0. The second kappa shape index (κ2) is 5.08. The van der Waals surface area contributed by atoms with Crippen LogP contribution in [0.5, 0.6) is 0 Å². The van der Waals surface area contributed by atoms with Crippen LogP contribution in [-0.4, -0.2) is 59.0 Å². The van der Waals surface area contributed by atoms with E-state index in [0.717, 1.165) is 0 Å². The molecule has 12 heavy (non-hydrogen) atoms. The Labute approximate surface area is 71.2 Å². The lowest BCUT2D eigenvalue weighted by molar-refractivity contribution is -0.141. The molecule has 72 valence electrons. The van der Waals surface area contributed by atoms with Crippen molar-refractivity contribution in [2.75, 3.05) is 20.6 Å². The lowest BCUT2D eigenvalue weighted by Gasteiger charge is -2.19. The zero-order valence-corrected chi connectivity index (χ0v) is 7.27. The molecule has 0 spiro atoms. The van der Waals surface area contributed by atoms with Gasteiger partial charge in [0.25, 0.3) is 0 Å². The van der Waals surface area contributed by atoms with Crippen LogP contribution in [0.25, 0.3) is 0 Å². The smallest absolute Gasteiger partial charge is 0.306 e. The van der Waals surface area contributed by atoms with Crippen LogP contribution >= 0.6 is 0 Å². The standard InChI is InChI=1S/C7H15NO4/c1-8(2)4-6(10)5(9)3-7(11)12/h5-6,9-10H,3-4H2,1-2H3,(H,11,12). The predicted octanol–water partition coefficient (Wildman–Crippen LogP) is -1.26. The molecule has 0 aromatic rings. The van der Waals surface area contributed by atoms with Crippen molar-refractivity contribution in [3.8, 4) is 0 Å². The van der Waals surface area contributed by atoms with Crippen molar-refractivity contribution >= 4 is 5.97 Å². The van der Waals surface area contributed by atoms with E-state index in [1.54, 1.807) is 19.0 Å². The molecule has 0 aliphatic heterocycles. The third-order valence-electron chi connectivity index (χ3n) is 1.38. The molecule has 2 unspecified atom stereocenters. The van der Waals surface area contributed by atoms with E-state index in [-0.39, 0.29) is 6.54 Å². The predicted molar refractivity (Wildman–Crippen MR) is 42.8 cm³/mol. The van der Waals surface area contributed by atoms with Gasteiger partial charge in [-0.3, -0.25) is 4.79 Å². The lowest BCUT2D eigenvalue weighted by atomic mass is 10.1. The molecule has 0 aromatic heterocycles. The molecule has 0 aromatic carbocycles. The maximum absolute atomic E-state index is 10.1. The number of aliphatic carboxylic acids is 1. The number of hydrogen-bond donors (Lipinski definition) is 3. The Hall–Kier alpha value is -0.650. The highest BCUT2D eigenvalue weighted by atomic mass is 16.4. The molecule has 5 heteroatoms. The maximum Gasteiger partial charge on any atom is 0.306 e. The van der Waals surface area contributed by atoms with Crippen molar-refractivity contribution in [2.45, 2.75) is 18.6 Å². The van der Waals surface area contributed by atoms with Gasteiger partial charge in [-0.2, -0.15) is 0 Å². The van der Waals surface area contributed by atoms with E-state index in [2.05, 4.69) is 0 Å². The summed E-state index contributed by atoms with van der Waals surface area (Å²) in [6.07, 6.45) is -2.62. The Morgan fingerprint density at radius 1 is 1.33 bits per heavy atom. The number of aliphatic hydroxyl groups excluding tert-OH is 2. The number of likely N-dealkylation sites (N-methyl/N-ethyl adjacent to an activating group) is 1. The Morgan fingerprint density at radius 3 is 2.17 bits per heavy atom. The van der Waals surface area contributed by atoms with Crippen LogP contribution in [0.15, 0.2) is 0 Å². The molecule has 0 aliphatic carbocycles. The highest BCUT2D eigenvalue weighted by Gasteiger charge is 2.19. The summed E-state index contributed by atoms with van der Waals surface area (Å²) in [5, 5.41) is 26.5. The van der Waals surface area contributed by atoms with Crippen LogP contribution < -0.4 is 0 Å². The number of rotatable bonds is 5. The zero-order valence-electron chi connectivity index (χ0n) is 7.27. The maximum atomic E-state index is 10.1. The molecule has 0 heterocycles. The van der Waals surface area contributed by atoms with Gasteiger partial charge < -0.3 is 20.2 Å². The Balaban J connectivity index is 3.76. The summed E-state index contributed by atoms with van der Waals surface area (Å²) in [7, 11) is 3.47. The first kappa shape index (κ1) is 11.4. The van der Waals surface area contributed by atoms with Crippen molar-refractivity contribution in [2.24, 2.45) is 0 Å². The van der Waals surface area contributed by atoms with Crippen LogP contribution in [0.2, 0.25) is 0 Å². The van der Waals surface area contributed by atoms with E-state index >= 15 is 0 Å². The van der Waals surface area contributed by atoms with Gasteiger partial charge in [0.15, 0.2) is 0 Å². The van der Waals surface area contributed by atoms with E-state index in [4.69, 9.17) is 10.2 Å². The van der Waals surface area contributed by atoms with E-state index in [0.29, 0.717) is 0 Å². The fourth-order valence-corrected chi connectivity index (χ4v) is 0.811. The van der Waals surface area contributed by atoms with Crippen LogP contribution in [0.1, 0.15) is 6.42 Å². The molecule has 0 saturated carbocycles. The quantitative estimate of drug-likeness (QED) is 0.488. The highest BCUT2D eigenvalue weighted by molar-refractivity contribution is 5.67. The van der Waals surface area contributed by atoms with Gasteiger partial charge in [0.05, 0.1) is 18.6 Å². The summed E-state index contributed by atoms with van der Waals surface area (Å²) in [5.74, 6) is -1.11. The summed E-state index contributed by atoms with van der Waals surface area (Å²) in [6.45, 7) is 0.258. The lowest BCUT2D eigenvalue weighted by Crippen LogP contribution is -2.36. The second-order valence-electron chi connectivity index (χ2n) is 2.99. The van der Waals surface area contributed by atoms with Crippen molar-refractivity contribution in [1.82, 2.24) is 4.90 Å². The average molecular weight is 177 g/mol. The summed E-state index contributed by atoms with van der Waals surface area (Å²) in [5.41, 5.74) is 0. The van der Waals surface area contributed by atoms with Gasteiger partial charge in [-0.1, -0.05) is 0 Å². The average Bonchev–Trinajstić information content (AvgIpc) is 1.84. The van der Waals surface area contributed by atoms with Gasteiger partial charge in [0.1, 0.15) is 0 Å². The molecule has 3 N–H and O–H groups in total. The third-order valence-corrected chi connectivity index (χ3v) is 1.38. The minimum Gasteiger partial charge on any atom is -0.481 e. The van der Waals surface area contributed by atoms with Crippen LogP contribution in [0, 0.1) is 0 Å². The van der Waals surface area contributed by atoms with Gasteiger partial charge in [-0.05, 0) is 14.1 Å². The molecule has 0 aliphatic rings. The van der Waals surface area contributed by atoms with Gasteiger partial charge >= 0.3 is 5.97 Å². The molecule has 0 fully saturated rings. The first-order valence-corrected chi connectivity index (χ1v) is 3.66. The number of carboxylic acid groups (broad SMARTS) is 1.